The fourth-order valence-corrected chi connectivity index (χ4v) is 1.67. The Morgan fingerprint density at radius 2 is 1.94 bits per heavy atom. The van der Waals surface area contributed by atoms with E-state index in [9.17, 15) is 22.8 Å². The zero-order valence-electron chi connectivity index (χ0n) is 8.95. The number of rotatable bonds is 2. The summed E-state index contributed by atoms with van der Waals surface area (Å²) in [6.07, 6.45) is -5.84. The van der Waals surface area contributed by atoms with Crippen molar-refractivity contribution >= 4 is 11.9 Å². The molecule has 3 atom stereocenters. The highest BCUT2D eigenvalue weighted by molar-refractivity contribution is 5.76. The second-order valence-electron chi connectivity index (χ2n) is 4.03. The number of hydrogen-bond acceptors (Lipinski definition) is 4. The van der Waals surface area contributed by atoms with Gasteiger partial charge in [0.05, 0.1) is 0 Å². The molecule has 0 aromatic carbocycles. The van der Waals surface area contributed by atoms with Crippen LogP contribution in [0.25, 0.3) is 0 Å². The molecule has 1 unspecified atom stereocenters. The first-order valence-corrected chi connectivity index (χ1v) is 4.96. The minimum absolute atomic E-state index is 0.136. The summed E-state index contributed by atoms with van der Waals surface area (Å²) < 4.78 is 40.0. The lowest BCUT2D eigenvalue weighted by atomic mass is 9.93. The molecular formula is C9H12F3NO4. The molecule has 17 heavy (non-hydrogen) atoms. The van der Waals surface area contributed by atoms with Crippen molar-refractivity contribution in [3.8, 4) is 0 Å². The van der Waals surface area contributed by atoms with E-state index in [1.165, 1.54) is 0 Å². The Morgan fingerprint density at radius 3 is 2.41 bits per heavy atom. The zero-order chi connectivity index (χ0) is 13.2. The summed E-state index contributed by atoms with van der Waals surface area (Å²) in [5, 5.41) is 11.1. The fraction of sp³-hybridized carbons (Fsp3) is 0.778. The molecule has 5 nitrogen and oxygen atoms in total. The van der Waals surface area contributed by atoms with Crippen LogP contribution in [-0.2, 0) is 14.3 Å². The van der Waals surface area contributed by atoms with Crippen LogP contribution >= 0.6 is 0 Å². The number of hydrogen-bond donors (Lipinski definition) is 2. The Hall–Kier alpha value is -1.31. The van der Waals surface area contributed by atoms with Gasteiger partial charge in [0.25, 0.3) is 0 Å². The van der Waals surface area contributed by atoms with Gasteiger partial charge in [-0.2, -0.15) is 13.2 Å². The predicted octanol–water partition coefficient (Wildman–Crippen LogP) is 0.891. The molecule has 1 saturated heterocycles. The van der Waals surface area contributed by atoms with Crippen molar-refractivity contribution < 1.29 is 32.6 Å². The van der Waals surface area contributed by atoms with Crippen molar-refractivity contribution in [1.29, 1.82) is 0 Å². The van der Waals surface area contributed by atoms with Crippen LogP contribution in [0.2, 0.25) is 0 Å². The minimum atomic E-state index is -5.07. The van der Waals surface area contributed by atoms with E-state index in [4.69, 9.17) is 5.11 Å². The number of piperidine rings is 1. The van der Waals surface area contributed by atoms with Crippen LogP contribution in [0.1, 0.15) is 19.8 Å². The Balaban J connectivity index is 2.60. The number of carboxylic acid groups (broad SMARTS) is 1. The summed E-state index contributed by atoms with van der Waals surface area (Å²) in [5.74, 6) is -3.62. The van der Waals surface area contributed by atoms with Gasteiger partial charge in [0.15, 0.2) is 6.23 Å². The quantitative estimate of drug-likeness (QED) is 0.717. The molecule has 1 aliphatic heterocycles. The number of nitrogens with one attached hydrogen (secondary N) is 1. The first kappa shape index (κ1) is 13.8. The van der Waals surface area contributed by atoms with Crippen molar-refractivity contribution in [2.24, 2.45) is 5.92 Å². The highest BCUT2D eigenvalue weighted by Gasteiger charge is 2.43. The van der Waals surface area contributed by atoms with Gasteiger partial charge >= 0.3 is 18.1 Å². The van der Waals surface area contributed by atoms with E-state index >= 15 is 0 Å². The molecule has 8 heteroatoms. The highest BCUT2D eigenvalue weighted by atomic mass is 19.4. The Labute approximate surface area is 94.9 Å². The van der Waals surface area contributed by atoms with E-state index in [2.05, 4.69) is 10.1 Å². The van der Waals surface area contributed by atoms with Crippen molar-refractivity contribution in [3.05, 3.63) is 0 Å². The van der Waals surface area contributed by atoms with E-state index in [1.807, 2.05) is 0 Å². The summed E-state index contributed by atoms with van der Waals surface area (Å²) in [7, 11) is 0. The van der Waals surface area contributed by atoms with E-state index in [1.54, 1.807) is 6.92 Å². The molecule has 0 bridgehead atoms. The Bertz CT molecular complexity index is 318. The van der Waals surface area contributed by atoms with Gasteiger partial charge in [-0.05, 0) is 12.3 Å². The number of alkyl halides is 3. The van der Waals surface area contributed by atoms with Crippen molar-refractivity contribution in [2.75, 3.05) is 0 Å². The Morgan fingerprint density at radius 1 is 1.35 bits per heavy atom. The van der Waals surface area contributed by atoms with E-state index in [0.29, 0.717) is 0 Å². The number of carbonyl (C=O) groups excluding carboxylic acids is 1. The van der Waals surface area contributed by atoms with Crippen LogP contribution in [-0.4, -0.2) is 35.5 Å². The fourth-order valence-electron chi connectivity index (χ4n) is 1.67. The molecule has 98 valence electrons. The number of ether oxygens (including phenoxy) is 1. The van der Waals surface area contributed by atoms with Crippen LogP contribution in [0.15, 0.2) is 0 Å². The zero-order valence-corrected chi connectivity index (χ0v) is 8.95. The maximum absolute atomic E-state index is 11.9. The number of carbonyl (C=O) groups is 2. The number of aliphatic carboxylic acids is 1. The first-order chi connectivity index (χ1) is 7.70. The average Bonchev–Trinajstić information content (AvgIpc) is 2.14. The lowest BCUT2D eigenvalue weighted by Gasteiger charge is -2.32. The average molecular weight is 255 g/mol. The van der Waals surface area contributed by atoms with E-state index in [0.717, 1.165) is 0 Å². The van der Waals surface area contributed by atoms with Gasteiger partial charge in [-0.3, -0.25) is 10.1 Å². The summed E-state index contributed by atoms with van der Waals surface area (Å²) in [6, 6.07) is -0.996. The largest absolute Gasteiger partial charge is 0.490 e. The summed E-state index contributed by atoms with van der Waals surface area (Å²) in [4.78, 5) is 21.3. The molecule has 0 amide bonds. The van der Waals surface area contributed by atoms with Crippen molar-refractivity contribution in [3.63, 3.8) is 0 Å². The molecule has 2 N–H and O–H groups in total. The number of carboxylic acids is 1. The third-order valence-electron chi connectivity index (χ3n) is 2.42. The molecule has 1 fully saturated rings. The lowest BCUT2D eigenvalue weighted by Crippen LogP contribution is -2.51. The monoisotopic (exact) mass is 255 g/mol. The predicted molar refractivity (Wildman–Crippen MR) is 48.9 cm³/mol. The molecule has 0 radical (unpaired) electrons. The number of esters is 1. The molecule has 1 rings (SSSR count). The standard InChI is InChI=1S/C9H12F3NO4/c1-4-2-5(7(14)15)13-6(3-4)17-8(16)9(10,11)12/h4-6,13H,2-3H2,1H3,(H,14,15)/t4-,5-,6?/m1/s1. The van der Waals surface area contributed by atoms with Crippen LogP contribution in [0, 0.1) is 5.92 Å². The van der Waals surface area contributed by atoms with Gasteiger partial charge in [-0.25, -0.2) is 4.79 Å². The van der Waals surface area contributed by atoms with Gasteiger partial charge < -0.3 is 9.84 Å². The summed E-state index contributed by atoms with van der Waals surface area (Å²) in [6.45, 7) is 1.69. The normalized spacial score (nSPS) is 29.8. The van der Waals surface area contributed by atoms with Crippen LogP contribution in [0.5, 0.6) is 0 Å². The highest BCUT2D eigenvalue weighted by Crippen LogP contribution is 2.23. The van der Waals surface area contributed by atoms with Gasteiger partial charge in [0, 0.05) is 6.42 Å². The molecule has 0 saturated carbocycles. The van der Waals surface area contributed by atoms with Gasteiger partial charge in [0.2, 0.25) is 0 Å². The summed E-state index contributed by atoms with van der Waals surface area (Å²) in [5.41, 5.74) is 0. The van der Waals surface area contributed by atoms with Crippen LogP contribution in [0.3, 0.4) is 0 Å². The van der Waals surface area contributed by atoms with Crippen molar-refractivity contribution in [1.82, 2.24) is 5.32 Å². The third kappa shape index (κ3) is 3.88. The summed E-state index contributed by atoms with van der Waals surface area (Å²) >= 11 is 0. The topological polar surface area (TPSA) is 75.6 Å². The molecule has 0 spiro atoms. The Kier molecular flexibility index (Phi) is 3.97. The second-order valence-corrected chi connectivity index (χ2v) is 4.03. The molecule has 1 aliphatic rings. The third-order valence-corrected chi connectivity index (χ3v) is 2.42. The van der Waals surface area contributed by atoms with E-state index < -0.39 is 30.4 Å². The molecule has 0 aromatic heterocycles. The van der Waals surface area contributed by atoms with Crippen LogP contribution in [0.4, 0.5) is 13.2 Å². The molecule has 0 aromatic rings. The maximum atomic E-state index is 11.9. The van der Waals surface area contributed by atoms with Crippen LogP contribution < -0.4 is 5.32 Å². The van der Waals surface area contributed by atoms with Gasteiger partial charge in [0.1, 0.15) is 6.04 Å². The number of halogens is 3. The first-order valence-electron chi connectivity index (χ1n) is 4.96. The van der Waals surface area contributed by atoms with Gasteiger partial charge in [-0.15, -0.1) is 0 Å². The van der Waals surface area contributed by atoms with E-state index in [-0.39, 0.29) is 18.8 Å². The molecular weight excluding hydrogens is 243 g/mol. The minimum Gasteiger partial charge on any atom is -0.480 e. The van der Waals surface area contributed by atoms with Crippen molar-refractivity contribution in [2.45, 2.75) is 38.2 Å². The molecule has 1 heterocycles. The smallest absolute Gasteiger partial charge is 0.480 e. The maximum Gasteiger partial charge on any atom is 0.490 e. The van der Waals surface area contributed by atoms with Gasteiger partial charge in [-0.1, -0.05) is 6.92 Å². The lowest BCUT2D eigenvalue weighted by molar-refractivity contribution is -0.208. The SMILES string of the molecule is C[C@H]1CC(OC(=O)C(F)(F)F)N[C@@H](C(=O)O)C1. The molecule has 0 aliphatic carbocycles. The second kappa shape index (κ2) is 4.91.